The van der Waals surface area contributed by atoms with Crippen molar-refractivity contribution < 1.29 is 4.79 Å². The van der Waals surface area contributed by atoms with E-state index in [0.717, 1.165) is 38.0 Å². The normalized spacial score (nSPS) is 13.6. The maximum absolute atomic E-state index is 12.8. The average molecular weight is 296 g/mol. The smallest absolute Gasteiger partial charge is 0.277 e. The maximum atomic E-state index is 12.8. The van der Waals surface area contributed by atoms with Crippen LogP contribution in [0.1, 0.15) is 35.8 Å². The van der Waals surface area contributed by atoms with Gasteiger partial charge in [-0.3, -0.25) is 4.79 Å². The van der Waals surface area contributed by atoms with Crippen molar-refractivity contribution in [3.05, 3.63) is 47.8 Å². The van der Waals surface area contributed by atoms with Gasteiger partial charge in [0.15, 0.2) is 0 Å². The number of amides is 1. The van der Waals surface area contributed by atoms with E-state index >= 15 is 0 Å². The van der Waals surface area contributed by atoms with Crippen molar-refractivity contribution >= 4 is 17.5 Å². The molecular weight excluding hydrogens is 276 g/mol. The van der Waals surface area contributed by atoms with Crippen molar-refractivity contribution in [3.63, 3.8) is 0 Å². The summed E-state index contributed by atoms with van der Waals surface area (Å²) < 4.78 is 0. The number of benzene rings is 1. The van der Waals surface area contributed by atoms with Gasteiger partial charge in [0.2, 0.25) is 5.95 Å². The SMILES string of the molecule is CCCNc1nccc(C(=O)N2CCCc3ccccc32)n1. The average Bonchev–Trinajstić information content (AvgIpc) is 2.59. The van der Waals surface area contributed by atoms with E-state index in [2.05, 4.69) is 28.3 Å². The van der Waals surface area contributed by atoms with Crippen LogP contribution in [0.4, 0.5) is 11.6 Å². The van der Waals surface area contributed by atoms with E-state index in [1.807, 2.05) is 23.1 Å². The zero-order valence-corrected chi connectivity index (χ0v) is 12.7. The lowest BCUT2D eigenvalue weighted by molar-refractivity contribution is 0.0980. The second-order valence-corrected chi connectivity index (χ2v) is 5.38. The van der Waals surface area contributed by atoms with Gasteiger partial charge >= 0.3 is 0 Å². The molecule has 1 aliphatic rings. The fourth-order valence-corrected chi connectivity index (χ4v) is 2.68. The highest BCUT2D eigenvalue weighted by Crippen LogP contribution is 2.27. The van der Waals surface area contributed by atoms with Crippen LogP contribution in [0.2, 0.25) is 0 Å². The molecule has 1 aromatic heterocycles. The van der Waals surface area contributed by atoms with Gasteiger partial charge in [-0.1, -0.05) is 25.1 Å². The highest BCUT2D eigenvalue weighted by Gasteiger charge is 2.24. The zero-order chi connectivity index (χ0) is 15.4. The van der Waals surface area contributed by atoms with Gasteiger partial charge in [-0.2, -0.15) is 0 Å². The first kappa shape index (κ1) is 14.5. The van der Waals surface area contributed by atoms with E-state index < -0.39 is 0 Å². The number of hydrogen-bond donors (Lipinski definition) is 1. The quantitative estimate of drug-likeness (QED) is 0.942. The van der Waals surface area contributed by atoms with Gasteiger partial charge in [-0.15, -0.1) is 0 Å². The summed E-state index contributed by atoms with van der Waals surface area (Å²) in [6.45, 7) is 3.61. The minimum absolute atomic E-state index is 0.0610. The Morgan fingerprint density at radius 1 is 1.32 bits per heavy atom. The number of aryl methyl sites for hydroxylation is 1. The van der Waals surface area contributed by atoms with Crippen molar-refractivity contribution in [1.82, 2.24) is 9.97 Å². The summed E-state index contributed by atoms with van der Waals surface area (Å²) in [5, 5.41) is 3.12. The van der Waals surface area contributed by atoms with E-state index in [9.17, 15) is 4.79 Å². The molecule has 0 fully saturated rings. The van der Waals surface area contributed by atoms with Crippen LogP contribution < -0.4 is 10.2 Å². The molecular formula is C17H20N4O. The van der Waals surface area contributed by atoms with E-state index in [1.54, 1.807) is 12.3 Å². The molecule has 1 amide bonds. The van der Waals surface area contributed by atoms with Crippen molar-refractivity contribution in [2.45, 2.75) is 26.2 Å². The highest BCUT2D eigenvalue weighted by molar-refractivity contribution is 6.05. The molecule has 114 valence electrons. The Morgan fingerprint density at radius 3 is 3.05 bits per heavy atom. The molecule has 1 aliphatic heterocycles. The molecule has 5 nitrogen and oxygen atoms in total. The maximum Gasteiger partial charge on any atom is 0.277 e. The molecule has 2 heterocycles. The van der Waals surface area contributed by atoms with Crippen molar-refractivity contribution in [2.75, 3.05) is 23.3 Å². The van der Waals surface area contributed by atoms with Gasteiger partial charge in [0.1, 0.15) is 5.69 Å². The molecule has 0 bridgehead atoms. The van der Waals surface area contributed by atoms with Crippen LogP contribution in [0, 0.1) is 0 Å². The van der Waals surface area contributed by atoms with Gasteiger partial charge in [0, 0.05) is 25.0 Å². The number of nitrogens with zero attached hydrogens (tertiary/aromatic N) is 3. The third-order valence-electron chi connectivity index (χ3n) is 3.76. The van der Waals surface area contributed by atoms with Crippen molar-refractivity contribution in [3.8, 4) is 0 Å². The van der Waals surface area contributed by atoms with E-state index in [-0.39, 0.29) is 5.91 Å². The topological polar surface area (TPSA) is 58.1 Å². The number of nitrogens with one attached hydrogen (secondary N) is 1. The number of hydrogen-bond acceptors (Lipinski definition) is 4. The Kier molecular flexibility index (Phi) is 4.32. The van der Waals surface area contributed by atoms with Gasteiger partial charge in [-0.25, -0.2) is 9.97 Å². The fourth-order valence-electron chi connectivity index (χ4n) is 2.68. The van der Waals surface area contributed by atoms with Crippen molar-refractivity contribution in [1.29, 1.82) is 0 Å². The standard InChI is InChI=1S/C17H20N4O/c1-2-10-18-17-19-11-9-14(20-17)16(22)21-12-5-7-13-6-3-4-8-15(13)21/h3-4,6,8-9,11H,2,5,7,10,12H2,1H3,(H,18,19,20). The van der Waals surface area contributed by atoms with Crippen LogP contribution >= 0.6 is 0 Å². The molecule has 0 spiro atoms. The number of carbonyl (C=O) groups is 1. The molecule has 0 unspecified atom stereocenters. The molecule has 5 heteroatoms. The molecule has 22 heavy (non-hydrogen) atoms. The Hall–Kier alpha value is -2.43. The third-order valence-corrected chi connectivity index (χ3v) is 3.76. The zero-order valence-electron chi connectivity index (χ0n) is 12.7. The molecule has 0 saturated heterocycles. The fraction of sp³-hybridized carbons (Fsp3) is 0.353. The number of rotatable bonds is 4. The second-order valence-electron chi connectivity index (χ2n) is 5.38. The minimum Gasteiger partial charge on any atom is -0.354 e. The largest absolute Gasteiger partial charge is 0.354 e. The molecule has 3 rings (SSSR count). The van der Waals surface area contributed by atoms with Crippen LogP contribution in [-0.2, 0) is 6.42 Å². The predicted molar refractivity (Wildman–Crippen MR) is 87.3 cm³/mol. The molecule has 2 aromatic rings. The Balaban J connectivity index is 1.86. The Bertz CT molecular complexity index is 671. The molecule has 0 saturated carbocycles. The van der Waals surface area contributed by atoms with Gasteiger partial charge < -0.3 is 10.2 Å². The summed E-state index contributed by atoms with van der Waals surface area (Å²) >= 11 is 0. The number of carbonyl (C=O) groups excluding carboxylic acids is 1. The summed E-state index contributed by atoms with van der Waals surface area (Å²) in [6.07, 6.45) is 4.62. The first-order valence-electron chi connectivity index (χ1n) is 7.76. The van der Waals surface area contributed by atoms with Gasteiger partial charge in [0.25, 0.3) is 5.91 Å². The highest BCUT2D eigenvalue weighted by atomic mass is 16.2. The lowest BCUT2D eigenvalue weighted by Crippen LogP contribution is -2.36. The molecule has 1 aromatic carbocycles. The molecule has 0 atom stereocenters. The number of fused-ring (bicyclic) bond motifs is 1. The molecule has 0 radical (unpaired) electrons. The van der Waals surface area contributed by atoms with E-state index in [1.165, 1.54) is 5.56 Å². The van der Waals surface area contributed by atoms with Gasteiger partial charge in [0.05, 0.1) is 0 Å². The molecule has 1 N–H and O–H groups in total. The summed E-state index contributed by atoms with van der Waals surface area (Å²) in [7, 11) is 0. The summed E-state index contributed by atoms with van der Waals surface area (Å²) in [5.74, 6) is 0.451. The van der Waals surface area contributed by atoms with Crippen LogP contribution in [0.5, 0.6) is 0 Å². The lowest BCUT2D eigenvalue weighted by Gasteiger charge is -2.29. The first-order valence-corrected chi connectivity index (χ1v) is 7.76. The third kappa shape index (κ3) is 2.93. The Morgan fingerprint density at radius 2 is 2.18 bits per heavy atom. The first-order chi connectivity index (χ1) is 10.8. The predicted octanol–water partition coefficient (Wildman–Crippen LogP) is 2.89. The Labute approximate surface area is 130 Å². The van der Waals surface area contributed by atoms with Crippen LogP contribution in [0.25, 0.3) is 0 Å². The minimum atomic E-state index is -0.0610. The summed E-state index contributed by atoms with van der Waals surface area (Å²) in [4.78, 5) is 23.1. The van der Waals surface area contributed by atoms with Crippen LogP contribution in [0.15, 0.2) is 36.5 Å². The summed E-state index contributed by atoms with van der Waals surface area (Å²) in [5.41, 5.74) is 2.66. The van der Waals surface area contributed by atoms with Crippen LogP contribution in [0.3, 0.4) is 0 Å². The van der Waals surface area contributed by atoms with E-state index in [4.69, 9.17) is 0 Å². The lowest BCUT2D eigenvalue weighted by atomic mass is 10.0. The van der Waals surface area contributed by atoms with Crippen LogP contribution in [-0.4, -0.2) is 29.0 Å². The number of aromatic nitrogens is 2. The van der Waals surface area contributed by atoms with Crippen molar-refractivity contribution in [2.24, 2.45) is 0 Å². The van der Waals surface area contributed by atoms with E-state index in [0.29, 0.717) is 11.6 Å². The monoisotopic (exact) mass is 296 g/mol. The van der Waals surface area contributed by atoms with Gasteiger partial charge in [-0.05, 0) is 37.0 Å². The number of para-hydroxylation sites is 1. The summed E-state index contributed by atoms with van der Waals surface area (Å²) in [6, 6.07) is 9.76. The second kappa shape index (κ2) is 6.56. The molecule has 0 aliphatic carbocycles. The number of anilines is 2.